The molecule has 0 fully saturated rings. The Hall–Kier alpha value is -2.66. The Balaban J connectivity index is 1.55. The van der Waals surface area contributed by atoms with Gasteiger partial charge in [0.1, 0.15) is 11.6 Å². The van der Waals surface area contributed by atoms with E-state index in [9.17, 15) is 9.18 Å². The van der Waals surface area contributed by atoms with Crippen molar-refractivity contribution in [2.45, 2.75) is 19.3 Å². The van der Waals surface area contributed by atoms with E-state index in [4.69, 9.17) is 4.74 Å². The summed E-state index contributed by atoms with van der Waals surface area (Å²) < 4.78 is 18.0. The van der Waals surface area contributed by atoms with Gasteiger partial charge in [0.15, 0.2) is 0 Å². The van der Waals surface area contributed by atoms with Crippen molar-refractivity contribution in [2.24, 2.45) is 0 Å². The predicted molar refractivity (Wildman–Crippen MR) is 112 cm³/mol. The third-order valence-electron chi connectivity index (χ3n) is 4.46. The Kier molecular flexibility index (Phi) is 9.22. The number of nitrogens with one attached hydrogen (secondary N) is 1. The van der Waals surface area contributed by atoms with Gasteiger partial charge in [-0.1, -0.05) is 36.4 Å². The van der Waals surface area contributed by atoms with Crippen LogP contribution in [0.2, 0.25) is 0 Å². The molecule has 0 heterocycles. The number of carbonyl (C=O) groups excluding carboxylic acids is 1. The molecule has 0 aliphatic rings. The third-order valence-corrected chi connectivity index (χ3v) is 4.46. The highest BCUT2D eigenvalue weighted by Crippen LogP contribution is 2.11. The number of likely N-dealkylation sites (N-methyl/N-ethyl adjacent to an activating group) is 1. The molecule has 0 aromatic heterocycles. The summed E-state index contributed by atoms with van der Waals surface area (Å²) >= 11 is 0. The molecular formula is C23H29FN2O2. The summed E-state index contributed by atoms with van der Waals surface area (Å²) in [6.07, 6.45) is 5.84. The Morgan fingerprint density at radius 2 is 1.82 bits per heavy atom. The lowest BCUT2D eigenvalue weighted by molar-refractivity contribution is -0.120. The summed E-state index contributed by atoms with van der Waals surface area (Å²) in [6, 6.07) is 14.3. The lowest BCUT2D eigenvalue weighted by Crippen LogP contribution is -2.28. The molecule has 0 radical (unpaired) electrons. The van der Waals surface area contributed by atoms with Crippen molar-refractivity contribution >= 4 is 12.0 Å². The van der Waals surface area contributed by atoms with E-state index < -0.39 is 0 Å². The second kappa shape index (κ2) is 11.9. The highest BCUT2D eigenvalue weighted by molar-refractivity contribution is 5.78. The van der Waals surface area contributed by atoms with Crippen LogP contribution in [0.1, 0.15) is 24.0 Å². The molecule has 1 N–H and O–H groups in total. The van der Waals surface area contributed by atoms with Gasteiger partial charge in [-0.3, -0.25) is 4.79 Å². The second-order valence-electron chi connectivity index (χ2n) is 6.76. The van der Waals surface area contributed by atoms with E-state index in [-0.39, 0.29) is 11.7 Å². The molecule has 0 aliphatic carbocycles. The van der Waals surface area contributed by atoms with Gasteiger partial charge in [0.05, 0.1) is 7.11 Å². The molecule has 0 unspecified atom stereocenters. The Morgan fingerprint density at radius 3 is 2.50 bits per heavy atom. The number of benzene rings is 2. The molecule has 4 nitrogen and oxygen atoms in total. The average molecular weight is 384 g/mol. The van der Waals surface area contributed by atoms with E-state index in [1.54, 1.807) is 25.3 Å². The molecule has 0 bridgehead atoms. The standard InChI is InChI=1S/C23H29FN2O2/c1-26(18-15-20-9-13-22(28-2)14-10-20)17-4-16-25-23(27)6-3-5-19-7-11-21(24)12-8-19/h3,5,7-14H,4,6,15-18H2,1-2H3,(H,25,27)/b5-3+. The molecule has 5 heteroatoms. The minimum absolute atomic E-state index is 0.000697. The van der Waals surface area contributed by atoms with Crippen molar-refractivity contribution in [1.29, 1.82) is 0 Å². The number of rotatable bonds is 11. The van der Waals surface area contributed by atoms with Gasteiger partial charge in [0, 0.05) is 19.5 Å². The van der Waals surface area contributed by atoms with Crippen LogP contribution in [0, 0.1) is 5.82 Å². The highest BCUT2D eigenvalue weighted by atomic mass is 19.1. The molecule has 2 aromatic carbocycles. The molecule has 0 spiro atoms. The van der Waals surface area contributed by atoms with Crippen molar-refractivity contribution in [3.63, 3.8) is 0 Å². The zero-order valence-corrected chi connectivity index (χ0v) is 16.7. The van der Waals surface area contributed by atoms with Gasteiger partial charge in [0.2, 0.25) is 5.91 Å². The van der Waals surface area contributed by atoms with Crippen LogP contribution in [-0.4, -0.2) is 44.6 Å². The fourth-order valence-corrected chi connectivity index (χ4v) is 2.75. The molecule has 0 atom stereocenters. The average Bonchev–Trinajstić information content (AvgIpc) is 2.71. The van der Waals surface area contributed by atoms with Crippen LogP contribution >= 0.6 is 0 Å². The smallest absolute Gasteiger partial charge is 0.223 e. The van der Waals surface area contributed by atoms with E-state index in [0.29, 0.717) is 13.0 Å². The van der Waals surface area contributed by atoms with Crippen LogP contribution < -0.4 is 10.1 Å². The summed E-state index contributed by atoms with van der Waals surface area (Å²) in [6.45, 7) is 2.57. The molecule has 0 saturated heterocycles. The largest absolute Gasteiger partial charge is 0.497 e. The van der Waals surface area contributed by atoms with Crippen molar-refractivity contribution in [2.75, 3.05) is 33.8 Å². The summed E-state index contributed by atoms with van der Waals surface area (Å²) in [7, 11) is 3.76. The SMILES string of the molecule is COc1ccc(CCN(C)CCCNC(=O)C/C=C/c2ccc(F)cc2)cc1. The zero-order valence-electron chi connectivity index (χ0n) is 16.7. The number of amides is 1. The minimum atomic E-state index is -0.260. The first-order valence-electron chi connectivity index (χ1n) is 9.57. The van der Waals surface area contributed by atoms with Crippen LogP contribution in [-0.2, 0) is 11.2 Å². The third kappa shape index (κ3) is 8.35. The highest BCUT2D eigenvalue weighted by Gasteiger charge is 2.02. The second-order valence-corrected chi connectivity index (χ2v) is 6.76. The molecule has 2 aromatic rings. The Bertz CT molecular complexity index is 742. The molecule has 150 valence electrons. The van der Waals surface area contributed by atoms with Gasteiger partial charge in [-0.15, -0.1) is 0 Å². The van der Waals surface area contributed by atoms with Gasteiger partial charge in [-0.25, -0.2) is 4.39 Å². The summed E-state index contributed by atoms with van der Waals surface area (Å²) in [4.78, 5) is 14.1. The maximum Gasteiger partial charge on any atom is 0.223 e. The topological polar surface area (TPSA) is 41.6 Å². The molecule has 1 amide bonds. The van der Waals surface area contributed by atoms with E-state index in [0.717, 1.165) is 37.2 Å². The molecular weight excluding hydrogens is 355 g/mol. The number of hydrogen-bond donors (Lipinski definition) is 1. The Labute approximate surface area is 167 Å². The van der Waals surface area contributed by atoms with E-state index in [2.05, 4.69) is 29.4 Å². The lowest BCUT2D eigenvalue weighted by atomic mass is 10.1. The maximum absolute atomic E-state index is 12.8. The summed E-state index contributed by atoms with van der Waals surface area (Å²) in [5.41, 5.74) is 2.17. The van der Waals surface area contributed by atoms with Crippen molar-refractivity contribution < 1.29 is 13.9 Å². The lowest BCUT2D eigenvalue weighted by Gasteiger charge is -2.16. The fraction of sp³-hybridized carbons (Fsp3) is 0.348. The molecule has 2 rings (SSSR count). The first-order valence-corrected chi connectivity index (χ1v) is 9.57. The molecule has 0 saturated carbocycles. The van der Waals surface area contributed by atoms with Crippen LogP contribution in [0.3, 0.4) is 0 Å². The molecule has 28 heavy (non-hydrogen) atoms. The quantitative estimate of drug-likeness (QED) is 0.597. The van der Waals surface area contributed by atoms with E-state index in [1.807, 2.05) is 18.2 Å². The number of hydrogen-bond acceptors (Lipinski definition) is 3. The predicted octanol–water partition coefficient (Wildman–Crippen LogP) is 3.92. The van der Waals surface area contributed by atoms with Gasteiger partial charge >= 0.3 is 0 Å². The first kappa shape index (κ1) is 21.6. The van der Waals surface area contributed by atoms with E-state index in [1.165, 1.54) is 17.7 Å². The number of halogens is 1. The normalized spacial score (nSPS) is 11.1. The fourth-order valence-electron chi connectivity index (χ4n) is 2.75. The van der Waals surface area contributed by atoms with Crippen LogP contribution in [0.25, 0.3) is 6.08 Å². The van der Waals surface area contributed by atoms with Gasteiger partial charge in [-0.05, 0) is 61.8 Å². The van der Waals surface area contributed by atoms with Gasteiger partial charge in [-0.2, -0.15) is 0 Å². The van der Waals surface area contributed by atoms with Crippen LogP contribution in [0.4, 0.5) is 4.39 Å². The van der Waals surface area contributed by atoms with Crippen molar-refractivity contribution in [3.05, 3.63) is 71.6 Å². The monoisotopic (exact) mass is 384 g/mol. The van der Waals surface area contributed by atoms with Crippen molar-refractivity contribution in [3.8, 4) is 5.75 Å². The van der Waals surface area contributed by atoms with Crippen molar-refractivity contribution in [1.82, 2.24) is 10.2 Å². The van der Waals surface area contributed by atoms with Gasteiger partial charge in [0.25, 0.3) is 0 Å². The summed E-state index contributed by atoms with van der Waals surface area (Å²) in [5, 5.41) is 2.93. The van der Waals surface area contributed by atoms with E-state index >= 15 is 0 Å². The summed E-state index contributed by atoms with van der Waals surface area (Å²) in [5.74, 6) is 0.614. The zero-order chi connectivity index (χ0) is 20.2. The maximum atomic E-state index is 12.8. The Morgan fingerprint density at radius 1 is 1.11 bits per heavy atom. The number of ether oxygens (including phenoxy) is 1. The van der Waals surface area contributed by atoms with Crippen LogP contribution in [0.15, 0.2) is 54.6 Å². The van der Waals surface area contributed by atoms with Crippen LogP contribution in [0.5, 0.6) is 5.75 Å². The number of nitrogens with zero attached hydrogens (tertiary/aromatic N) is 1. The minimum Gasteiger partial charge on any atom is -0.497 e. The van der Waals surface area contributed by atoms with Gasteiger partial charge < -0.3 is 15.0 Å². The number of carbonyl (C=O) groups is 1. The number of methoxy groups -OCH3 is 1. The first-order chi connectivity index (χ1) is 13.6. The molecule has 0 aliphatic heterocycles.